The van der Waals surface area contributed by atoms with E-state index in [1.54, 1.807) is 6.92 Å². The minimum Gasteiger partial charge on any atom is -0.465 e. The van der Waals surface area contributed by atoms with Crippen LogP contribution in [-0.4, -0.2) is 56.7 Å². The molecule has 8 heteroatoms. The van der Waals surface area contributed by atoms with Crippen LogP contribution in [0.1, 0.15) is 13.3 Å². The predicted molar refractivity (Wildman–Crippen MR) is 72.5 cm³/mol. The summed E-state index contributed by atoms with van der Waals surface area (Å²) in [6, 6.07) is 0. The van der Waals surface area contributed by atoms with Gasteiger partial charge in [0.25, 0.3) is 0 Å². The Kier molecular flexibility index (Phi) is 9.03. The smallest absolute Gasteiger partial charge is 0.309 e. The number of esters is 1. The zero-order valence-corrected chi connectivity index (χ0v) is 12.2. The molecule has 0 aliphatic heterocycles. The van der Waals surface area contributed by atoms with Crippen molar-refractivity contribution in [3.8, 4) is 0 Å². The fourth-order valence-corrected chi connectivity index (χ4v) is 2.10. The van der Waals surface area contributed by atoms with Gasteiger partial charge in [0.1, 0.15) is 0 Å². The molecule has 0 saturated heterocycles. The molecule has 0 heterocycles. The zero-order chi connectivity index (χ0) is 14.0. The lowest BCUT2D eigenvalue weighted by Gasteiger charge is -2.09. The van der Waals surface area contributed by atoms with Gasteiger partial charge in [-0.3, -0.25) is 4.79 Å². The van der Waals surface area contributed by atoms with Crippen molar-refractivity contribution in [2.45, 2.75) is 13.3 Å². The first-order valence-electron chi connectivity index (χ1n) is 5.46. The summed E-state index contributed by atoms with van der Waals surface area (Å²) in [7, 11) is -3.35. The molecule has 0 rings (SSSR count). The Morgan fingerprint density at radius 3 is 2.78 bits per heavy atom. The Hall–Kier alpha value is -0.600. The summed E-state index contributed by atoms with van der Waals surface area (Å²) in [5.74, 6) is 0.622. The molecule has 0 amide bonds. The van der Waals surface area contributed by atoms with E-state index in [1.165, 1.54) is 18.0 Å². The Bertz CT molecular complexity index is 366. The van der Waals surface area contributed by atoms with E-state index in [4.69, 9.17) is 9.84 Å². The second-order valence-corrected chi connectivity index (χ2v) is 6.50. The van der Waals surface area contributed by atoms with Gasteiger partial charge in [0, 0.05) is 24.1 Å². The Labute approximate surface area is 112 Å². The molecule has 1 atom stereocenters. The number of hydrogen-bond acceptors (Lipinski definition) is 6. The van der Waals surface area contributed by atoms with Crippen molar-refractivity contribution in [3.05, 3.63) is 0 Å². The lowest BCUT2D eigenvalue weighted by atomic mass is 10.2. The van der Waals surface area contributed by atoms with Gasteiger partial charge < -0.3 is 9.84 Å². The number of sulfonamides is 1. The normalized spacial score (nSPS) is 13.7. The Morgan fingerprint density at radius 1 is 1.56 bits per heavy atom. The van der Waals surface area contributed by atoms with Gasteiger partial charge in [-0.2, -0.15) is 16.2 Å². The third kappa shape index (κ3) is 10.5. The van der Waals surface area contributed by atoms with Gasteiger partial charge in [-0.05, 0) is 0 Å². The third-order valence-corrected chi connectivity index (χ3v) is 3.50. The molecule has 0 aromatic heterocycles. The van der Waals surface area contributed by atoms with Crippen molar-refractivity contribution in [1.29, 1.82) is 0 Å². The second kappa shape index (κ2) is 9.35. The van der Waals surface area contributed by atoms with E-state index in [1.807, 2.05) is 0 Å². The molecule has 0 aliphatic rings. The van der Waals surface area contributed by atoms with Crippen molar-refractivity contribution in [2.24, 2.45) is 10.3 Å². The van der Waals surface area contributed by atoms with Crippen LogP contribution >= 0.6 is 11.8 Å². The summed E-state index contributed by atoms with van der Waals surface area (Å²) in [4.78, 5) is 11.4. The number of carbonyl (C=O) groups is 1. The lowest BCUT2D eigenvalue weighted by molar-refractivity contribution is -0.146. The molecule has 0 aliphatic carbocycles. The van der Waals surface area contributed by atoms with Crippen molar-refractivity contribution in [2.75, 3.05) is 31.0 Å². The maximum absolute atomic E-state index is 11.4. The van der Waals surface area contributed by atoms with Gasteiger partial charge in [0.2, 0.25) is 10.0 Å². The second-order valence-electron chi connectivity index (χ2n) is 3.68. The first-order valence-corrected chi connectivity index (χ1v) is 8.46. The molecular formula is C10H19NO5S2. The van der Waals surface area contributed by atoms with Crippen molar-refractivity contribution in [1.82, 2.24) is 0 Å². The van der Waals surface area contributed by atoms with E-state index in [-0.39, 0.29) is 31.5 Å². The number of thioether (sulfide) groups is 1. The van der Waals surface area contributed by atoms with E-state index in [0.717, 1.165) is 6.26 Å². The highest BCUT2D eigenvalue weighted by atomic mass is 32.2. The highest BCUT2D eigenvalue weighted by Gasteiger charge is 2.13. The summed E-state index contributed by atoms with van der Waals surface area (Å²) in [5.41, 5.74) is 0. The number of rotatable bonds is 9. The molecule has 0 radical (unpaired) electrons. The largest absolute Gasteiger partial charge is 0.465 e. The minimum absolute atomic E-state index is 0.0917. The van der Waals surface area contributed by atoms with Crippen molar-refractivity contribution < 1.29 is 23.1 Å². The van der Waals surface area contributed by atoms with Crippen LogP contribution < -0.4 is 0 Å². The van der Waals surface area contributed by atoms with E-state index in [0.29, 0.717) is 11.5 Å². The maximum atomic E-state index is 11.4. The summed E-state index contributed by atoms with van der Waals surface area (Å²) < 4.78 is 29.5. The molecule has 0 saturated carbocycles. The van der Waals surface area contributed by atoms with Crippen LogP contribution in [0.25, 0.3) is 0 Å². The number of carbonyl (C=O) groups excluding carboxylic acids is 1. The van der Waals surface area contributed by atoms with Gasteiger partial charge in [0.15, 0.2) is 0 Å². The highest BCUT2D eigenvalue weighted by Crippen LogP contribution is 2.09. The molecule has 6 nitrogen and oxygen atoms in total. The molecule has 0 bridgehead atoms. The predicted octanol–water partition coefficient (Wildman–Crippen LogP) is 0.312. The zero-order valence-electron chi connectivity index (χ0n) is 10.5. The summed E-state index contributed by atoms with van der Waals surface area (Å²) in [6.07, 6.45) is 2.49. The Balaban J connectivity index is 3.73. The standard InChI is InChI=1S/C10H19NO5S2/c1-9(8-17-7-5-12)10(13)16-6-3-4-11-18(2,14)15/h4,9,12H,3,5-8H2,1-2H3. The fraction of sp³-hybridized carbons (Fsp3) is 0.800. The van der Waals surface area contributed by atoms with Gasteiger partial charge >= 0.3 is 5.97 Å². The van der Waals surface area contributed by atoms with E-state index >= 15 is 0 Å². The quantitative estimate of drug-likeness (QED) is 0.374. The molecule has 0 fully saturated rings. The first-order chi connectivity index (χ1) is 8.37. The first kappa shape index (κ1) is 17.4. The number of nitrogens with zero attached hydrogens (tertiary/aromatic N) is 1. The van der Waals surface area contributed by atoms with Crippen LogP contribution in [0.5, 0.6) is 0 Å². The van der Waals surface area contributed by atoms with Crippen molar-refractivity contribution in [3.63, 3.8) is 0 Å². The van der Waals surface area contributed by atoms with Crippen LogP contribution in [0.3, 0.4) is 0 Å². The van der Waals surface area contributed by atoms with Gasteiger partial charge in [-0.1, -0.05) is 6.92 Å². The fourth-order valence-electron chi connectivity index (χ4n) is 0.935. The highest BCUT2D eigenvalue weighted by molar-refractivity contribution is 7.99. The number of hydrogen-bond donors (Lipinski definition) is 1. The molecular weight excluding hydrogens is 278 g/mol. The van der Waals surface area contributed by atoms with Crippen LogP contribution in [-0.2, 0) is 19.6 Å². The van der Waals surface area contributed by atoms with Gasteiger partial charge in [0.05, 0.1) is 25.4 Å². The molecule has 18 heavy (non-hydrogen) atoms. The maximum Gasteiger partial charge on any atom is 0.309 e. The minimum atomic E-state index is -3.35. The number of ether oxygens (including phenoxy) is 1. The van der Waals surface area contributed by atoms with Crippen LogP contribution in [0.2, 0.25) is 0 Å². The van der Waals surface area contributed by atoms with Crippen LogP contribution in [0.15, 0.2) is 4.40 Å². The average molecular weight is 297 g/mol. The molecule has 1 unspecified atom stereocenters. The molecule has 106 valence electrons. The van der Waals surface area contributed by atoms with Gasteiger partial charge in [-0.25, -0.2) is 8.42 Å². The summed E-state index contributed by atoms with van der Waals surface area (Å²) >= 11 is 1.48. The molecule has 0 spiro atoms. The molecule has 1 N–H and O–H groups in total. The summed E-state index contributed by atoms with van der Waals surface area (Å²) in [5, 5.41) is 8.58. The average Bonchev–Trinajstić information content (AvgIpc) is 2.27. The van der Waals surface area contributed by atoms with Crippen molar-refractivity contribution >= 4 is 34.0 Å². The SMILES string of the molecule is CC(CSCCO)C(=O)OCCC=NS(C)(=O)=O. The monoisotopic (exact) mass is 297 g/mol. The number of aliphatic hydroxyl groups is 1. The van der Waals surface area contributed by atoms with E-state index in [9.17, 15) is 13.2 Å². The van der Waals surface area contributed by atoms with Crippen LogP contribution in [0.4, 0.5) is 0 Å². The van der Waals surface area contributed by atoms with Gasteiger partial charge in [-0.15, -0.1) is 0 Å². The molecule has 0 aromatic carbocycles. The Morgan fingerprint density at radius 2 is 2.22 bits per heavy atom. The summed E-state index contributed by atoms with van der Waals surface area (Å²) in [6.45, 7) is 1.96. The lowest BCUT2D eigenvalue weighted by Crippen LogP contribution is -2.18. The third-order valence-electron chi connectivity index (χ3n) is 1.76. The van der Waals surface area contributed by atoms with Crippen LogP contribution in [0, 0.1) is 5.92 Å². The molecule has 0 aromatic rings. The topological polar surface area (TPSA) is 93.0 Å². The van der Waals surface area contributed by atoms with E-state index in [2.05, 4.69) is 4.40 Å². The van der Waals surface area contributed by atoms with E-state index < -0.39 is 10.0 Å². The number of aliphatic hydroxyl groups excluding tert-OH is 1.